The van der Waals surface area contributed by atoms with E-state index in [1.54, 1.807) is 30.3 Å². The molecule has 0 radical (unpaired) electrons. The van der Waals surface area contributed by atoms with Crippen molar-refractivity contribution in [3.05, 3.63) is 65.2 Å². The molecular formula is C17H19NO4S. The van der Waals surface area contributed by atoms with Crippen molar-refractivity contribution in [3.63, 3.8) is 0 Å². The molecule has 2 rings (SSSR count). The summed E-state index contributed by atoms with van der Waals surface area (Å²) in [6, 6.07) is 14.3. The largest absolute Gasteiger partial charge is 0.425 e. The number of para-hydroxylation sites is 1. The molecule has 0 bridgehead atoms. The number of hydrogen-bond donors (Lipinski definition) is 1. The van der Waals surface area contributed by atoms with E-state index in [0.717, 1.165) is 11.1 Å². The summed E-state index contributed by atoms with van der Waals surface area (Å²) in [6.45, 7) is 3.30. The van der Waals surface area contributed by atoms with Crippen LogP contribution >= 0.6 is 0 Å². The summed E-state index contributed by atoms with van der Waals surface area (Å²) in [5.41, 5.74) is 2.46. The van der Waals surface area contributed by atoms with Gasteiger partial charge in [0.2, 0.25) is 10.0 Å². The zero-order valence-corrected chi connectivity index (χ0v) is 13.9. The molecule has 23 heavy (non-hydrogen) atoms. The Morgan fingerprint density at radius 1 is 1.09 bits per heavy atom. The lowest BCUT2D eigenvalue weighted by molar-refractivity contribution is -0.133. The molecule has 2 aromatic carbocycles. The zero-order valence-electron chi connectivity index (χ0n) is 13.1. The van der Waals surface area contributed by atoms with Gasteiger partial charge in [-0.1, -0.05) is 48.0 Å². The van der Waals surface area contributed by atoms with E-state index in [0.29, 0.717) is 11.3 Å². The predicted molar refractivity (Wildman–Crippen MR) is 88.6 cm³/mol. The molecule has 0 unspecified atom stereocenters. The zero-order chi connectivity index (χ0) is 16.9. The molecule has 0 spiro atoms. The first-order chi connectivity index (χ1) is 10.9. The lowest BCUT2D eigenvalue weighted by Gasteiger charge is -2.09. The summed E-state index contributed by atoms with van der Waals surface area (Å²) in [7, 11) is -3.60. The quantitative estimate of drug-likeness (QED) is 0.650. The lowest BCUT2D eigenvalue weighted by Crippen LogP contribution is -2.32. The van der Waals surface area contributed by atoms with E-state index in [4.69, 9.17) is 4.74 Å². The van der Waals surface area contributed by atoms with Gasteiger partial charge in [-0.3, -0.25) is 4.79 Å². The number of nitrogens with one attached hydrogen (secondary N) is 1. The normalized spacial score (nSPS) is 11.2. The number of carbonyl (C=O) groups is 1. The van der Waals surface area contributed by atoms with Crippen molar-refractivity contribution in [3.8, 4) is 5.75 Å². The Hall–Kier alpha value is -2.18. The fourth-order valence-corrected chi connectivity index (χ4v) is 3.13. The standard InChI is InChI=1S/C17H19NO4S/c1-13-6-5-8-15(10-13)12-23(20,21)18-11-17(19)22-16-9-4-3-7-14(16)2/h3-10,18H,11-12H2,1-2H3. The first-order valence-electron chi connectivity index (χ1n) is 7.15. The van der Waals surface area contributed by atoms with Crippen LogP contribution in [0.2, 0.25) is 0 Å². The number of hydrogen-bond acceptors (Lipinski definition) is 4. The molecule has 0 aliphatic rings. The van der Waals surface area contributed by atoms with Gasteiger partial charge in [-0.25, -0.2) is 13.1 Å². The average Bonchev–Trinajstić information content (AvgIpc) is 2.47. The van der Waals surface area contributed by atoms with E-state index < -0.39 is 22.5 Å². The predicted octanol–water partition coefficient (Wildman–Crippen LogP) is 2.33. The molecule has 122 valence electrons. The van der Waals surface area contributed by atoms with E-state index in [-0.39, 0.29) is 5.75 Å². The number of ether oxygens (including phenoxy) is 1. The van der Waals surface area contributed by atoms with E-state index in [1.165, 1.54) is 0 Å². The Kier molecular flexibility index (Phi) is 5.52. The van der Waals surface area contributed by atoms with Crippen molar-refractivity contribution < 1.29 is 17.9 Å². The van der Waals surface area contributed by atoms with Crippen molar-refractivity contribution >= 4 is 16.0 Å². The van der Waals surface area contributed by atoms with Crippen LogP contribution in [0.25, 0.3) is 0 Å². The summed E-state index contributed by atoms with van der Waals surface area (Å²) in [4.78, 5) is 11.8. The third kappa shape index (κ3) is 5.50. The maximum atomic E-state index is 12.0. The maximum Gasteiger partial charge on any atom is 0.326 e. The molecule has 6 heteroatoms. The number of carbonyl (C=O) groups excluding carboxylic acids is 1. The fourth-order valence-electron chi connectivity index (χ4n) is 2.07. The minimum Gasteiger partial charge on any atom is -0.425 e. The number of sulfonamides is 1. The van der Waals surface area contributed by atoms with Gasteiger partial charge in [0.25, 0.3) is 0 Å². The molecule has 0 fully saturated rings. The Balaban J connectivity index is 1.91. The van der Waals surface area contributed by atoms with Gasteiger partial charge in [-0.15, -0.1) is 0 Å². The van der Waals surface area contributed by atoms with Gasteiger partial charge in [0.15, 0.2) is 0 Å². The van der Waals surface area contributed by atoms with Crippen LogP contribution in [0, 0.1) is 13.8 Å². The summed E-state index contributed by atoms with van der Waals surface area (Å²) in [6.07, 6.45) is 0. The third-order valence-corrected chi connectivity index (χ3v) is 4.49. The summed E-state index contributed by atoms with van der Waals surface area (Å²) in [5.74, 6) is -0.394. The second-order valence-electron chi connectivity index (χ2n) is 5.31. The van der Waals surface area contributed by atoms with Gasteiger partial charge in [-0.2, -0.15) is 0 Å². The Morgan fingerprint density at radius 2 is 1.83 bits per heavy atom. The van der Waals surface area contributed by atoms with Crippen LogP contribution in [0.15, 0.2) is 48.5 Å². The number of aryl methyl sites for hydroxylation is 2. The molecule has 0 saturated carbocycles. The smallest absolute Gasteiger partial charge is 0.326 e. The Labute approximate surface area is 136 Å². The highest BCUT2D eigenvalue weighted by molar-refractivity contribution is 7.88. The van der Waals surface area contributed by atoms with Crippen molar-refractivity contribution in [2.24, 2.45) is 0 Å². The molecule has 5 nitrogen and oxygen atoms in total. The molecule has 0 aromatic heterocycles. The molecule has 0 aliphatic heterocycles. The highest BCUT2D eigenvalue weighted by Crippen LogP contribution is 2.16. The Bertz CT molecular complexity index is 800. The van der Waals surface area contributed by atoms with E-state index in [1.807, 2.05) is 32.0 Å². The van der Waals surface area contributed by atoms with Gasteiger partial charge in [0.05, 0.1) is 5.75 Å². The van der Waals surface area contributed by atoms with Crippen molar-refractivity contribution in [2.75, 3.05) is 6.54 Å². The van der Waals surface area contributed by atoms with Crippen molar-refractivity contribution in [1.82, 2.24) is 4.72 Å². The van der Waals surface area contributed by atoms with Crippen molar-refractivity contribution in [2.45, 2.75) is 19.6 Å². The van der Waals surface area contributed by atoms with Crippen LogP contribution in [-0.4, -0.2) is 20.9 Å². The van der Waals surface area contributed by atoms with Crippen LogP contribution in [0.4, 0.5) is 0 Å². The third-order valence-electron chi connectivity index (χ3n) is 3.19. The van der Waals surface area contributed by atoms with Gasteiger partial charge in [0, 0.05) is 0 Å². The molecule has 2 aromatic rings. The van der Waals surface area contributed by atoms with Crippen LogP contribution in [-0.2, 0) is 20.6 Å². The van der Waals surface area contributed by atoms with E-state index in [9.17, 15) is 13.2 Å². The fraction of sp³-hybridized carbons (Fsp3) is 0.235. The first kappa shape index (κ1) is 17.2. The molecule has 0 atom stereocenters. The molecule has 0 amide bonds. The van der Waals surface area contributed by atoms with Crippen LogP contribution in [0.5, 0.6) is 5.75 Å². The SMILES string of the molecule is Cc1cccc(CS(=O)(=O)NCC(=O)Oc2ccccc2C)c1. The molecular weight excluding hydrogens is 314 g/mol. The van der Waals surface area contributed by atoms with Gasteiger partial charge in [-0.05, 0) is 31.0 Å². The molecule has 0 aliphatic carbocycles. The maximum absolute atomic E-state index is 12.0. The van der Waals surface area contributed by atoms with Crippen molar-refractivity contribution in [1.29, 1.82) is 0 Å². The highest BCUT2D eigenvalue weighted by atomic mass is 32.2. The van der Waals surface area contributed by atoms with Gasteiger partial charge in [0.1, 0.15) is 12.3 Å². The lowest BCUT2D eigenvalue weighted by atomic mass is 10.2. The minimum atomic E-state index is -3.60. The van der Waals surface area contributed by atoms with Crippen LogP contribution in [0.1, 0.15) is 16.7 Å². The topological polar surface area (TPSA) is 72.5 Å². The number of esters is 1. The number of rotatable bonds is 6. The summed E-state index contributed by atoms with van der Waals surface area (Å²) >= 11 is 0. The summed E-state index contributed by atoms with van der Waals surface area (Å²) < 4.78 is 31.4. The molecule has 1 N–H and O–H groups in total. The van der Waals surface area contributed by atoms with E-state index >= 15 is 0 Å². The van der Waals surface area contributed by atoms with E-state index in [2.05, 4.69) is 4.72 Å². The van der Waals surface area contributed by atoms with Crippen LogP contribution in [0.3, 0.4) is 0 Å². The second-order valence-corrected chi connectivity index (χ2v) is 7.12. The average molecular weight is 333 g/mol. The van der Waals surface area contributed by atoms with Crippen LogP contribution < -0.4 is 9.46 Å². The molecule has 0 saturated heterocycles. The minimum absolute atomic E-state index is 0.174. The monoisotopic (exact) mass is 333 g/mol. The van der Waals surface area contributed by atoms with Gasteiger partial charge >= 0.3 is 5.97 Å². The molecule has 0 heterocycles. The number of benzene rings is 2. The van der Waals surface area contributed by atoms with Gasteiger partial charge < -0.3 is 4.74 Å². The Morgan fingerprint density at radius 3 is 2.52 bits per heavy atom. The second kappa shape index (κ2) is 7.39. The highest BCUT2D eigenvalue weighted by Gasteiger charge is 2.15. The summed E-state index contributed by atoms with van der Waals surface area (Å²) in [5, 5.41) is 0. The first-order valence-corrected chi connectivity index (χ1v) is 8.80.